The second-order valence-electron chi connectivity index (χ2n) is 2.88. The second-order valence-corrected chi connectivity index (χ2v) is 2.88. The Morgan fingerprint density at radius 1 is 0.812 bits per heavy atom. The molecule has 10 radical (unpaired) electrons. The molecule has 0 atom stereocenters. The summed E-state index contributed by atoms with van der Waals surface area (Å²) < 4.78 is 0. The van der Waals surface area contributed by atoms with Crippen LogP contribution in [0.4, 0.5) is 0 Å². The standard InChI is InChI=1S/2C5H5.C4H7.ClH.Ti/c2*1-2-4-5-3-1;1-4(2)3;;/h2*1-5H;1-2H2,3H3;1H;/q;;-1;;+2/p-1. The number of halogens is 1. The molecule has 84 valence electrons. The molecule has 2 rings (SSSR count). The maximum atomic E-state index is 4.64. The Morgan fingerprint density at radius 3 is 0.938 bits per heavy atom. The molecule has 2 heteroatoms. The minimum atomic E-state index is 0.917. The van der Waals surface area contributed by atoms with Gasteiger partial charge in [-0.1, -0.05) is 6.92 Å². The summed E-state index contributed by atoms with van der Waals surface area (Å²) in [6.45, 7) is 8.75. The predicted octanol–water partition coefficient (Wildman–Crippen LogP) is 4.13. The van der Waals surface area contributed by atoms with E-state index in [0.29, 0.717) is 0 Å². The Labute approximate surface area is 119 Å². The van der Waals surface area contributed by atoms with Crippen LogP contribution in [0.15, 0.2) is 12.2 Å². The Hall–Kier alpha value is 0.614. The number of rotatable bonds is 0. The molecule has 0 spiro atoms. The molecule has 0 aromatic rings. The zero-order chi connectivity index (χ0) is 12.6. The van der Waals surface area contributed by atoms with Gasteiger partial charge in [-0.25, -0.2) is 19.1 Å². The van der Waals surface area contributed by atoms with E-state index in [0.717, 1.165) is 5.57 Å². The first-order chi connectivity index (χ1) is 7.73. The van der Waals surface area contributed by atoms with Crippen molar-refractivity contribution in [2.75, 3.05) is 0 Å². The van der Waals surface area contributed by atoms with Crippen molar-refractivity contribution in [1.29, 1.82) is 0 Å². The summed E-state index contributed by atoms with van der Waals surface area (Å²) in [6, 6.07) is 0. The molecule has 0 aromatic carbocycles. The molecule has 0 saturated heterocycles. The zero-order valence-electron chi connectivity index (χ0n) is 9.57. The summed E-state index contributed by atoms with van der Waals surface area (Å²) in [7, 11) is 4.64. The number of allylic oxidation sites excluding steroid dienone is 1. The fourth-order valence-corrected chi connectivity index (χ4v) is 0.642. The van der Waals surface area contributed by atoms with Gasteiger partial charge in [0.15, 0.2) is 0 Å². The monoisotopic (exact) mass is 268 g/mol. The van der Waals surface area contributed by atoms with Crippen molar-refractivity contribution in [3.8, 4) is 0 Å². The molecule has 2 aliphatic carbocycles. The van der Waals surface area contributed by atoms with Crippen LogP contribution in [-0.2, 0) is 19.4 Å². The van der Waals surface area contributed by atoms with Gasteiger partial charge in [0.2, 0.25) is 0 Å². The average molecular weight is 269 g/mol. The quantitative estimate of drug-likeness (QED) is 0.458. The van der Waals surface area contributed by atoms with E-state index >= 15 is 0 Å². The van der Waals surface area contributed by atoms with Gasteiger partial charge in [-0.3, -0.25) is 0 Å². The SMILES string of the molecule is C=C([CH2-])C.[CH]1[CH][CH][CH][CH]1.[CH]1[CH][CH][CH][CH]1.[Cl][Ti+]. The van der Waals surface area contributed by atoms with Crippen LogP contribution in [0, 0.1) is 71.1 Å². The normalized spacial score (nSPS) is 16.8. The van der Waals surface area contributed by atoms with Crippen molar-refractivity contribution in [1.82, 2.24) is 0 Å². The van der Waals surface area contributed by atoms with Crippen molar-refractivity contribution < 1.29 is 19.4 Å². The van der Waals surface area contributed by atoms with E-state index in [1.165, 1.54) is 19.4 Å². The molecule has 0 aromatic heterocycles. The molecule has 2 aliphatic rings. The fourth-order valence-electron chi connectivity index (χ4n) is 0.642. The Kier molecular flexibility index (Phi) is 21.3. The molecule has 0 heterocycles. The van der Waals surface area contributed by atoms with Crippen molar-refractivity contribution in [3.05, 3.63) is 83.3 Å². The molecule has 2 saturated carbocycles. The van der Waals surface area contributed by atoms with Crippen LogP contribution in [0.3, 0.4) is 0 Å². The fraction of sp³-hybridized carbons (Fsp3) is 0.0714. The molecule has 0 bridgehead atoms. The molecule has 0 unspecified atom stereocenters. The van der Waals surface area contributed by atoms with E-state index in [1.807, 2.05) is 71.1 Å². The van der Waals surface area contributed by atoms with Gasteiger partial charge in [0.05, 0.1) is 0 Å². The van der Waals surface area contributed by atoms with Crippen molar-refractivity contribution in [2.45, 2.75) is 6.92 Å². The van der Waals surface area contributed by atoms with E-state index in [9.17, 15) is 0 Å². The zero-order valence-corrected chi connectivity index (χ0v) is 11.9. The Balaban J connectivity index is 0. The third-order valence-corrected chi connectivity index (χ3v) is 1.11. The van der Waals surface area contributed by atoms with Crippen LogP contribution in [0.5, 0.6) is 0 Å². The van der Waals surface area contributed by atoms with Gasteiger partial charge < -0.3 is 0 Å². The first-order valence-corrected chi connectivity index (χ1v) is 6.88. The molecular weight excluding hydrogens is 251 g/mol. The molecule has 0 aliphatic heterocycles. The average Bonchev–Trinajstić information content (AvgIpc) is 2.99. The van der Waals surface area contributed by atoms with Crippen molar-refractivity contribution in [3.63, 3.8) is 0 Å². The third-order valence-electron chi connectivity index (χ3n) is 1.11. The van der Waals surface area contributed by atoms with Gasteiger partial charge in [-0.2, -0.15) is 0 Å². The van der Waals surface area contributed by atoms with Crippen LogP contribution in [0.25, 0.3) is 0 Å². The molecule has 16 heavy (non-hydrogen) atoms. The van der Waals surface area contributed by atoms with Crippen molar-refractivity contribution >= 4 is 9.30 Å². The summed E-state index contributed by atoms with van der Waals surface area (Å²) in [4.78, 5) is 0. The van der Waals surface area contributed by atoms with Gasteiger partial charge in [0, 0.05) is 0 Å². The van der Waals surface area contributed by atoms with Crippen LogP contribution in [0.1, 0.15) is 6.92 Å². The van der Waals surface area contributed by atoms with E-state index in [1.54, 1.807) is 0 Å². The number of hydrogen-bond acceptors (Lipinski definition) is 0. The first-order valence-electron chi connectivity index (χ1n) is 4.73. The maximum absolute atomic E-state index is 4.64. The van der Waals surface area contributed by atoms with E-state index < -0.39 is 0 Å². The van der Waals surface area contributed by atoms with Crippen LogP contribution in [-0.4, -0.2) is 0 Å². The van der Waals surface area contributed by atoms with E-state index in [2.05, 4.69) is 22.8 Å². The summed E-state index contributed by atoms with van der Waals surface area (Å²) in [6.07, 6.45) is 20.0. The molecule has 0 nitrogen and oxygen atoms in total. The summed E-state index contributed by atoms with van der Waals surface area (Å²) in [5, 5.41) is 0. The van der Waals surface area contributed by atoms with Gasteiger partial charge in [-0.15, -0.1) is 0 Å². The van der Waals surface area contributed by atoms with Crippen LogP contribution >= 0.6 is 9.30 Å². The third kappa shape index (κ3) is 24.0. The predicted molar refractivity (Wildman–Crippen MR) is 69.0 cm³/mol. The van der Waals surface area contributed by atoms with Crippen LogP contribution in [0.2, 0.25) is 0 Å². The Bertz CT molecular complexity index is 97.5. The topological polar surface area (TPSA) is 0 Å². The van der Waals surface area contributed by atoms with E-state index in [4.69, 9.17) is 0 Å². The molecule has 2 fully saturated rings. The number of hydrogen-bond donors (Lipinski definition) is 0. The summed E-state index contributed by atoms with van der Waals surface area (Å²) in [5.74, 6) is 0. The molecule has 0 amide bonds. The summed E-state index contributed by atoms with van der Waals surface area (Å²) >= 11 is 1.47. The van der Waals surface area contributed by atoms with E-state index in [-0.39, 0.29) is 0 Å². The summed E-state index contributed by atoms with van der Waals surface area (Å²) in [5.41, 5.74) is 0.917. The molecular formula is C14H17ClTi. The van der Waals surface area contributed by atoms with Crippen LogP contribution < -0.4 is 0 Å². The van der Waals surface area contributed by atoms with Gasteiger partial charge in [-0.05, 0) is 64.2 Å². The minimum absolute atomic E-state index is 0.917. The first kappa shape index (κ1) is 19.0. The van der Waals surface area contributed by atoms with Crippen molar-refractivity contribution in [2.24, 2.45) is 0 Å². The second kappa shape index (κ2) is 18.0. The van der Waals surface area contributed by atoms with Gasteiger partial charge >= 0.3 is 28.7 Å². The van der Waals surface area contributed by atoms with Gasteiger partial charge in [0.25, 0.3) is 0 Å². The Morgan fingerprint density at radius 2 is 0.875 bits per heavy atom. The van der Waals surface area contributed by atoms with Gasteiger partial charge in [0.1, 0.15) is 0 Å². The molecule has 0 N–H and O–H groups in total.